The average Bonchev–Trinajstić information content (AvgIpc) is 3.41. The van der Waals surface area contributed by atoms with Crippen LogP contribution in [0.15, 0.2) is 42.5 Å². The molecule has 5 heteroatoms. The number of para-hydroxylation sites is 1. The zero-order valence-electron chi connectivity index (χ0n) is 14.1. The summed E-state index contributed by atoms with van der Waals surface area (Å²) in [5, 5.41) is 9.38. The summed E-state index contributed by atoms with van der Waals surface area (Å²) in [4.78, 5) is 24.1. The van der Waals surface area contributed by atoms with Crippen molar-refractivity contribution in [2.24, 2.45) is 0 Å². The molecule has 2 aromatic rings. The smallest absolute Gasteiger partial charge is 0.251 e. The van der Waals surface area contributed by atoms with Gasteiger partial charge in [0.15, 0.2) is 0 Å². The predicted octanol–water partition coefficient (Wildman–Crippen LogP) is 3.39. The summed E-state index contributed by atoms with van der Waals surface area (Å²) >= 11 is 0. The molecular formula is C20H21N3O2. The van der Waals surface area contributed by atoms with Crippen LogP contribution >= 0.6 is 0 Å². The highest BCUT2D eigenvalue weighted by Gasteiger charge is 2.24. The van der Waals surface area contributed by atoms with Gasteiger partial charge in [-0.25, -0.2) is 0 Å². The fourth-order valence-electron chi connectivity index (χ4n) is 3.13. The summed E-state index contributed by atoms with van der Waals surface area (Å²) in [6.45, 7) is 2.00. The van der Waals surface area contributed by atoms with Crippen molar-refractivity contribution in [1.82, 2.24) is 5.32 Å². The van der Waals surface area contributed by atoms with Crippen molar-refractivity contribution in [2.45, 2.75) is 38.3 Å². The highest BCUT2D eigenvalue weighted by atomic mass is 16.2. The van der Waals surface area contributed by atoms with Crippen LogP contribution in [0.25, 0.3) is 11.1 Å². The second kappa shape index (κ2) is 6.24. The minimum Gasteiger partial charge on any atom is -0.380 e. The number of fused-ring (bicyclic) bond motifs is 1. The van der Waals surface area contributed by atoms with Crippen molar-refractivity contribution in [1.29, 1.82) is 0 Å². The van der Waals surface area contributed by atoms with Gasteiger partial charge in [-0.2, -0.15) is 0 Å². The van der Waals surface area contributed by atoms with Crippen LogP contribution in [0.1, 0.15) is 36.5 Å². The molecule has 4 rings (SSSR count). The van der Waals surface area contributed by atoms with Crippen LogP contribution in [0.2, 0.25) is 0 Å². The first-order valence-electron chi connectivity index (χ1n) is 8.71. The molecule has 1 atom stereocenters. The Morgan fingerprint density at radius 1 is 1.12 bits per heavy atom. The highest BCUT2D eigenvalue weighted by Crippen LogP contribution is 2.36. The lowest BCUT2D eigenvalue weighted by molar-refractivity contribution is -0.116. The third-order valence-corrected chi connectivity index (χ3v) is 4.59. The van der Waals surface area contributed by atoms with Crippen LogP contribution in [-0.4, -0.2) is 23.9 Å². The molecule has 2 amide bonds. The number of nitrogens with one attached hydrogen (secondary N) is 3. The lowest BCUT2D eigenvalue weighted by Crippen LogP contribution is -2.25. The maximum Gasteiger partial charge on any atom is 0.251 e. The number of hydrogen-bond acceptors (Lipinski definition) is 3. The molecule has 0 aromatic heterocycles. The Balaban J connectivity index is 1.64. The number of anilines is 2. The van der Waals surface area contributed by atoms with Crippen molar-refractivity contribution in [3.8, 4) is 11.1 Å². The van der Waals surface area contributed by atoms with Gasteiger partial charge in [0.25, 0.3) is 5.91 Å². The van der Waals surface area contributed by atoms with E-state index in [1.54, 1.807) is 0 Å². The summed E-state index contributed by atoms with van der Waals surface area (Å²) in [5.41, 5.74) is 4.42. The maximum atomic E-state index is 12.1. The lowest BCUT2D eigenvalue weighted by atomic mass is 10.0. The summed E-state index contributed by atoms with van der Waals surface area (Å²) in [6.07, 6.45) is 2.60. The molecule has 128 valence electrons. The van der Waals surface area contributed by atoms with Crippen LogP contribution in [0.4, 0.5) is 11.4 Å². The zero-order chi connectivity index (χ0) is 17.4. The van der Waals surface area contributed by atoms with E-state index in [4.69, 9.17) is 0 Å². The average molecular weight is 335 g/mol. The third kappa shape index (κ3) is 3.36. The second-order valence-electron chi connectivity index (χ2n) is 6.85. The number of amides is 2. The van der Waals surface area contributed by atoms with E-state index in [1.165, 1.54) is 0 Å². The Bertz CT molecular complexity index is 825. The number of benzene rings is 2. The van der Waals surface area contributed by atoms with Crippen molar-refractivity contribution < 1.29 is 9.59 Å². The first kappa shape index (κ1) is 15.7. The molecule has 3 N–H and O–H groups in total. The van der Waals surface area contributed by atoms with Gasteiger partial charge in [-0.15, -0.1) is 0 Å². The molecule has 0 radical (unpaired) electrons. The molecule has 1 heterocycles. The van der Waals surface area contributed by atoms with Crippen molar-refractivity contribution in [3.63, 3.8) is 0 Å². The van der Waals surface area contributed by atoms with Gasteiger partial charge in [0, 0.05) is 29.6 Å². The molecule has 0 bridgehead atoms. The van der Waals surface area contributed by atoms with E-state index in [-0.39, 0.29) is 17.9 Å². The molecule has 0 spiro atoms. The second-order valence-corrected chi connectivity index (χ2v) is 6.85. The third-order valence-electron chi connectivity index (χ3n) is 4.59. The standard InChI is InChI=1S/C20H21N3O2/c1-12-11-18(24)23-17-4-2-3-16(19(17)21-12)13-5-7-14(8-6-13)20(25)22-15-9-10-15/h2-8,12,15,21H,9-11H2,1H3,(H,22,25)(H,23,24). The van der Waals surface area contributed by atoms with E-state index in [1.807, 2.05) is 49.4 Å². The maximum absolute atomic E-state index is 12.1. The molecule has 1 saturated carbocycles. The molecule has 2 aliphatic rings. The SMILES string of the molecule is CC1CC(=O)Nc2cccc(-c3ccc(C(=O)NC4CC4)cc3)c2N1. The molecule has 0 saturated heterocycles. The van der Waals surface area contributed by atoms with E-state index in [2.05, 4.69) is 16.0 Å². The zero-order valence-corrected chi connectivity index (χ0v) is 14.1. The number of hydrogen-bond donors (Lipinski definition) is 3. The Kier molecular flexibility index (Phi) is 3.92. The van der Waals surface area contributed by atoms with Crippen LogP contribution in [0.5, 0.6) is 0 Å². The van der Waals surface area contributed by atoms with Crippen LogP contribution in [-0.2, 0) is 4.79 Å². The quantitative estimate of drug-likeness (QED) is 0.805. The van der Waals surface area contributed by atoms with Gasteiger partial charge in [-0.1, -0.05) is 24.3 Å². The number of carbonyl (C=O) groups is 2. The fourth-order valence-corrected chi connectivity index (χ4v) is 3.13. The minimum atomic E-state index is -0.0139. The Morgan fingerprint density at radius 2 is 1.88 bits per heavy atom. The van der Waals surface area contributed by atoms with Crippen LogP contribution in [0, 0.1) is 0 Å². The lowest BCUT2D eigenvalue weighted by Gasteiger charge is -2.17. The number of rotatable bonds is 3. The molecule has 5 nitrogen and oxygen atoms in total. The van der Waals surface area contributed by atoms with Gasteiger partial charge in [0.05, 0.1) is 11.4 Å². The normalized spacial score (nSPS) is 19.2. The largest absolute Gasteiger partial charge is 0.380 e. The van der Waals surface area contributed by atoms with Gasteiger partial charge >= 0.3 is 0 Å². The topological polar surface area (TPSA) is 70.2 Å². The molecule has 25 heavy (non-hydrogen) atoms. The first-order chi connectivity index (χ1) is 12.1. The fraction of sp³-hybridized carbons (Fsp3) is 0.300. The Morgan fingerprint density at radius 3 is 2.60 bits per heavy atom. The first-order valence-corrected chi connectivity index (χ1v) is 8.71. The van der Waals surface area contributed by atoms with E-state index >= 15 is 0 Å². The molecule has 1 unspecified atom stereocenters. The summed E-state index contributed by atoms with van der Waals surface area (Å²) in [5.74, 6) is 0.00273. The van der Waals surface area contributed by atoms with Crippen molar-refractivity contribution in [3.05, 3.63) is 48.0 Å². The molecule has 1 aliphatic heterocycles. The summed E-state index contributed by atoms with van der Waals surface area (Å²) < 4.78 is 0. The minimum absolute atomic E-state index is 0.0139. The van der Waals surface area contributed by atoms with Gasteiger partial charge in [0.2, 0.25) is 5.91 Å². The van der Waals surface area contributed by atoms with Crippen LogP contribution < -0.4 is 16.0 Å². The van der Waals surface area contributed by atoms with Gasteiger partial charge < -0.3 is 16.0 Å². The van der Waals surface area contributed by atoms with Gasteiger partial charge in [-0.3, -0.25) is 9.59 Å². The highest BCUT2D eigenvalue weighted by molar-refractivity contribution is 6.00. The Hall–Kier alpha value is -2.82. The summed E-state index contributed by atoms with van der Waals surface area (Å²) in [6, 6.07) is 13.9. The van der Waals surface area contributed by atoms with Crippen LogP contribution in [0.3, 0.4) is 0 Å². The molecule has 2 aromatic carbocycles. The van der Waals surface area contributed by atoms with E-state index in [9.17, 15) is 9.59 Å². The van der Waals surface area contributed by atoms with E-state index in [0.29, 0.717) is 18.0 Å². The Labute approximate surface area is 146 Å². The van der Waals surface area contributed by atoms with Gasteiger partial charge in [-0.05, 0) is 43.5 Å². The predicted molar refractivity (Wildman–Crippen MR) is 98.7 cm³/mol. The van der Waals surface area contributed by atoms with Gasteiger partial charge in [0.1, 0.15) is 0 Å². The molecule has 1 fully saturated rings. The van der Waals surface area contributed by atoms with Crippen molar-refractivity contribution >= 4 is 23.2 Å². The monoisotopic (exact) mass is 335 g/mol. The van der Waals surface area contributed by atoms with E-state index in [0.717, 1.165) is 35.3 Å². The summed E-state index contributed by atoms with van der Waals surface area (Å²) in [7, 11) is 0. The molecular weight excluding hydrogens is 314 g/mol. The molecule has 1 aliphatic carbocycles. The van der Waals surface area contributed by atoms with Crippen molar-refractivity contribution in [2.75, 3.05) is 10.6 Å². The van der Waals surface area contributed by atoms with E-state index < -0.39 is 0 Å². The number of carbonyl (C=O) groups excluding carboxylic acids is 2.